The van der Waals surface area contributed by atoms with Crippen molar-refractivity contribution in [2.45, 2.75) is 57.1 Å². The lowest BCUT2D eigenvalue weighted by atomic mass is 9.96. The average molecular weight is 746 g/mol. The molecule has 8 rings (SSSR count). The highest BCUT2D eigenvalue weighted by Gasteiger charge is 2.54. The Labute approximate surface area is 327 Å². The second-order valence-electron chi connectivity index (χ2n) is 14.0. The molecule has 56 heavy (non-hydrogen) atoms. The van der Waals surface area contributed by atoms with E-state index in [4.69, 9.17) is 23.7 Å². The third-order valence-electron chi connectivity index (χ3n) is 10.1. The van der Waals surface area contributed by atoms with E-state index in [0.717, 1.165) is 33.4 Å². The van der Waals surface area contributed by atoms with Gasteiger partial charge in [0.1, 0.15) is 24.4 Å². The molecule has 2 aliphatic rings. The predicted molar refractivity (Wildman–Crippen MR) is 214 cm³/mol. The van der Waals surface area contributed by atoms with E-state index in [2.05, 4.69) is 0 Å². The topological polar surface area (TPSA) is 83.5 Å². The fraction of sp³-hybridized carbons (Fsp3) is 0.208. The van der Waals surface area contributed by atoms with Crippen molar-refractivity contribution in [2.24, 2.45) is 0 Å². The maximum Gasteiger partial charge on any atom is 0.301 e. The van der Waals surface area contributed by atoms with Gasteiger partial charge in [0.25, 0.3) is 5.78 Å². The molecule has 8 heteroatoms. The summed E-state index contributed by atoms with van der Waals surface area (Å²) in [5.41, 5.74) is 6.41. The lowest BCUT2D eigenvalue weighted by Gasteiger charge is -2.48. The van der Waals surface area contributed by atoms with Crippen LogP contribution in [-0.2, 0) is 54.9 Å². The Morgan fingerprint density at radius 2 is 0.946 bits per heavy atom. The van der Waals surface area contributed by atoms with E-state index in [1.165, 1.54) is 4.90 Å². The van der Waals surface area contributed by atoms with E-state index in [9.17, 15) is 9.59 Å². The number of rotatable bonds is 15. The Hall–Kier alpha value is -5.74. The number of Topliss-reactive ketones (excluding diaryl/α,β-unsaturated/α-hetero) is 1. The van der Waals surface area contributed by atoms with E-state index in [0.29, 0.717) is 17.9 Å². The zero-order valence-corrected chi connectivity index (χ0v) is 30.9. The number of hydrogen-bond donors (Lipinski definition) is 0. The molecule has 5 atom stereocenters. The molecule has 0 bridgehead atoms. The minimum Gasteiger partial charge on any atom is -0.374 e. The molecule has 0 aromatic heterocycles. The number of nitrogens with zero attached hydrogens (tertiary/aromatic N) is 1. The lowest BCUT2D eigenvalue weighted by Crippen LogP contribution is -2.66. The van der Waals surface area contributed by atoms with E-state index >= 15 is 0 Å². The molecule has 1 amide bonds. The second kappa shape index (κ2) is 17.8. The van der Waals surface area contributed by atoms with E-state index in [1.807, 2.05) is 164 Å². The molecular formula is C48H43NO7. The van der Waals surface area contributed by atoms with Gasteiger partial charge in [-0.3, -0.25) is 14.5 Å². The number of carbonyl (C=O) groups excluding carboxylic acids is 2. The van der Waals surface area contributed by atoms with Crippen LogP contribution in [0.1, 0.15) is 32.6 Å². The number of fused-ring (bicyclic) bond motifs is 1. The standard InChI is InChI=1S/C48H43NO7/c50-43-40-28-39(38-24-14-5-15-25-38)26-27-41(40)49(47(43)51)48-46(55-32-37-22-12-4-13-23-37)45(54-31-36-20-10-3-11-21-36)44(53-30-35-18-8-2-9-19-35)42(56-48)33-52-29-34-16-6-1-7-17-34/h1-28,42,44-46,48H,29-33H2/t42-,44-,45+,46-,48-/m1/s1. The van der Waals surface area contributed by atoms with Gasteiger partial charge in [-0.1, -0.05) is 158 Å². The van der Waals surface area contributed by atoms with Crippen LogP contribution in [0.25, 0.3) is 11.1 Å². The van der Waals surface area contributed by atoms with Crippen LogP contribution in [0.2, 0.25) is 0 Å². The third-order valence-corrected chi connectivity index (χ3v) is 10.1. The molecule has 6 aromatic carbocycles. The molecular weight excluding hydrogens is 703 g/mol. The number of ketones is 1. The molecule has 8 nitrogen and oxygen atoms in total. The lowest BCUT2D eigenvalue weighted by molar-refractivity contribution is -0.271. The molecule has 0 aliphatic carbocycles. The first kappa shape index (κ1) is 37.2. The highest BCUT2D eigenvalue weighted by molar-refractivity contribution is 6.52. The first-order chi connectivity index (χ1) is 27.6. The van der Waals surface area contributed by atoms with Crippen LogP contribution in [0.4, 0.5) is 5.69 Å². The van der Waals surface area contributed by atoms with Gasteiger partial charge in [-0.05, 0) is 45.5 Å². The molecule has 2 aliphatic heterocycles. The number of ether oxygens (including phenoxy) is 5. The zero-order chi connectivity index (χ0) is 38.1. The maximum atomic E-state index is 14.3. The predicted octanol–water partition coefficient (Wildman–Crippen LogP) is 8.58. The first-order valence-electron chi connectivity index (χ1n) is 18.9. The molecule has 0 spiro atoms. The summed E-state index contributed by atoms with van der Waals surface area (Å²) in [6.45, 7) is 1.18. The quantitative estimate of drug-likeness (QED) is 0.0975. The largest absolute Gasteiger partial charge is 0.374 e. The fourth-order valence-corrected chi connectivity index (χ4v) is 7.30. The average Bonchev–Trinajstić information content (AvgIpc) is 3.51. The number of benzene rings is 6. The number of hydrogen-bond acceptors (Lipinski definition) is 7. The monoisotopic (exact) mass is 745 g/mol. The van der Waals surface area contributed by atoms with E-state index < -0.39 is 42.3 Å². The molecule has 282 valence electrons. The summed E-state index contributed by atoms with van der Waals surface area (Å²) in [5, 5.41) is 0. The van der Waals surface area contributed by atoms with Gasteiger partial charge < -0.3 is 23.7 Å². The number of carbonyl (C=O) groups is 2. The molecule has 0 radical (unpaired) electrons. The molecule has 0 saturated carbocycles. The van der Waals surface area contributed by atoms with Crippen LogP contribution in [0, 0.1) is 0 Å². The van der Waals surface area contributed by atoms with Gasteiger partial charge in [0.05, 0.1) is 44.3 Å². The summed E-state index contributed by atoms with van der Waals surface area (Å²) in [6.07, 6.45) is -4.13. The summed E-state index contributed by atoms with van der Waals surface area (Å²) < 4.78 is 33.8. The summed E-state index contributed by atoms with van der Waals surface area (Å²) in [5.74, 6) is -1.30. The highest BCUT2D eigenvalue weighted by atomic mass is 16.6. The minimum atomic E-state index is -1.07. The molecule has 0 unspecified atom stereocenters. The van der Waals surface area contributed by atoms with Crippen LogP contribution < -0.4 is 4.90 Å². The minimum absolute atomic E-state index is 0.122. The Kier molecular flexibility index (Phi) is 11.8. The molecule has 6 aromatic rings. The van der Waals surface area contributed by atoms with Crippen molar-refractivity contribution in [1.29, 1.82) is 0 Å². The summed E-state index contributed by atoms with van der Waals surface area (Å²) in [6, 6.07) is 54.8. The maximum absolute atomic E-state index is 14.3. The Morgan fingerprint density at radius 3 is 1.48 bits per heavy atom. The second-order valence-corrected chi connectivity index (χ2v) is 14.0. The van der Waals surface area contributed by atoms with E-state index in [-0.39, 0.29) is 26.4 Å². The van der Waals surface area contributed by atoms with Gasteiger partial charge in [0.15, 0.2) is 6.23 Å². The SMILES string of the molecule is O=C1C(=O)N([C@@H]2O[C@H](COCc3ccccc3)[C@@H](OCc3ccccc3)[C@H](OCc3ccccc3)[C@H]2OCc2ccccc2)c2ccc(-c3ccccc3)cc21. The van der Waals surface area contributed by atoms with Crippen molar-refractivity contribution in [2.75, 3.05) is 11.5 Å². The third kappa shape index (κ3) is 8.55. The van der Waals surface area contributed by atoms with Crippen LogP contribution in [0.3, 0.4) is 0 Å². The summed E-state index contributed by atoms with van der Waals surface area (Å²) >= 11 is 0. The van der Waals surface area contributed by atoms with Crippen molar-refractivity contribution in [1.82, 2.24) is 0 Å². The van der Waals surface area contributed by atoms with Gasteiger partial charge in [-0.25, -0.2) is 0 Å². The van der Waals surface area contributed by atoms with Crippen molar-refractivity contribution in [3.05, 3.63) is 198 Å². The zero-order valence-electron chi connectivity index (χ0n) is 30.9. The van der Waals surface area contributed by atoms with Crippen molar-refractivity contribution in [3.63, 3.8) is 0 Å². The van der Waals surface area contributed by atoms with Crippen molar-refractivity contribution >= 4 is 17.4 Å². The van der Waals surface area contributed by atoms with Crippen LogP contribution >= 0.6 is 0 Å². The summed E-state index contributed by atoms with van der Waals surface area (Å²) in [4.78, 5) is 29.6. The molecule has 0 N–H and O–H groups in total. The van der Waals surface area contributed by atoms with Gasteiger partial charge in [-0.15, -0.1) is 0 Å². The normalized spacial score (nSPS) is 20.6. The van der Waals surface area contributed by atoms with Gasteiger partial charge in [0, 0.05) is 0 Å². The first-order valence-corrected chi connectivity index (χ1v) is 18.9. The van der Waals surface area contributed by atoms with Crippen molar-refractivity contribution in [3.8, 4) is 11.1 Å². The number of anilines is 1. The van der Waals surface area contributed by atoms with Crippen LogP contribution in [-0.4, -0.2) is 48.9 Å². The van der Waals surface area contributed by atoms with E-state index in [1.54, 1.807) is 6.07 Å². The van der Waals surface area contributed by atoms with Crippen LogP contribution in [0.15, 0.2) is 170 Å². The van der Waals surface area contributed by atoms with Gasteiger partial charge in [-0.2, -0.15) is 0 Å². The molecule has 1 fully saturated rings. The Bertz CT molecular complexity index is 2190. The van der Waals surface area contributed by atoms with Gasteiger partial charge >= 0.3 is 5.91 Å². The Morgan fingerprint density at radius 1 is 0.482 bits per heavy atom. The molecule has 1 saturated heterocycles. The van der Waals surface area contributed by atoms with Gasteiger partial charge in [0.2, 0.25) is 0 Å². The van der Waals surface area contributed by atoms with Crippen molar-refractivity contribution < 1.29 is 33.3 Å². The summed E-state index contributed by atoms with van der Waals surface area (Å²) in [7, 11) is 0. The smallest absolute Gasteiger partial charge is 0.301 e. The highest BCUT2D eigenvalue weighted by Crippen LogP contribution is 2.40. The number of amides is 1. The fourth-order valence-electron chi connectivity index (χ4n) is 7.30. The molecule has 2 heterocycles. The van der Waals surface area contributed by atoms with Crippen LogP contribution in [0.5, 0.6) is 0 Å². The Balaban J connectivity index is 1.19.